The topological polar surface area (TPSA) is 91.7 Å². The van der Waals surface area contributed by atoms with E-state index in [0.29, 0.717) is 30.0 Å². The third-order valence-corrected chi connectivity index (χ3v) is 3.94. The molecular formula is C18H19N3O4. The quantitative estimate of drug-likeness (QED) is 0.832. The number of nitrogens with zero attached hydrogens (tertiary/aromatic N) is 1. The van der Waals surface area contributed by atoms with Gasteiger partial charge in [-0.25, -0.2) is 0 Å². The van der Waals surface area contributed by atoms with Gasteiger partial charge in [-0.3, -0.25) is 14.4 Å². The summed E-state index contributed by atoms with van der Waals surface area (Å²) in [5, 5.41) is 5.23. The zero-order chi connectivity index (χ0) is 17.6. The summed E-state index contributed by atoms with van der Waals surface area (Å²) in [7, 11) is 0. The molecular weight excluding hydrogens is 322 g/mol. The first kappa shape index (κ1) is 16.8. The van der Waals surface area contributed by atoms with E-state index in [-0.39, 0.29) is 30.8 Å². The lowest BCUT2D eigenvalue weighted by molar-refractivity contribution is -0.120. The lowest BCUT2D eigenvalue weighted by Crippen LogP contribution is -2.36. The van der Waals surface area contributed by atoms with Gasteiger partial charge in [-0.1, -0.05) is 6.07 Å². The molecule has 1 aromatic carbocycles. The molecule has 0 saturated carbocycles. The first-order valence-electron chi connectivity index (χ1n) is 8.11. The first-order chi connectivity index (χ1) is 12.1. The fourth-order valence-electron chi connectivity index (χ4n) is 2.66. The zero-order valence-corrected chi connectivity index (χ0v) is 13.7. The molecule has 0 aliphatic carbocycles. The van der Waals surface area contributed by atoms with Crippen LogP contribution in [0.2, 0.25) is 0 Å². The van der Waals surface area contributed by atoms with Crippen molar-refractivity contribution in [2.75, 3.05) is 18.0 Å². The summed E-state index contributed by atoms with van der Waals surface area (Å²) in [6, 6.07) is 10.3. The van der Waals surface area contributed by atoms with Crippen molar-refractivity contribution in [1.82, 2.24) is 10.6 Å². The van der Waals surface area contributed by atoms with Gasteiger partial charge in [0.15, 0.2) is 0 Å². The van der Waals surface area contributed by atoms with Gasteiger partial charge < -0.3 is 20.0 Å². The molecule has 7 nitrogen and oxygen atoms in total. The number of furan rings is 1. The third kappa shape index (κ3) is 4.26. The maximum absolute atomic E-state index is 12.2. The van der Waals surface area contributed by atoms with Gasteiger partial charge >= 0.3 is 0 Å². The minimum absolute atomic E-state index is 0.0647. The fraction of sp³-hybridized carbons (Fsp3) is 0.278. The van der Waals surface area contributed by atoms with Crippen molar-refractivity contribution in [3.05, 3.63) is 54.0 Å². The molecule has 2 aromatic rings. The SMILES string of the molecule is O=C(CNC(=O)c1cccc(N2CCCC2=O)c1)NCc1ccco1. The summed E-state index contributed by atoms with van der Waals surface area (Å²) in [5.74, 6) is 0.0368. The molecule has 3 amide bonds. The minimum atomic E-state index is -0.360. The van der Waals surface area contributed by atoms with E-state index in [1.54, 1.807) is 41.3 Å². The molecule has 3 rings (SSSR count). The second kappa shape index (κ2) is 7.65. The molecule has 1 aliphatic heterocycles. The average Bonchev–Trinajstić information content (AvgIpc) is 3.29. The molecule has 1 aromatic heterocycles. The number of nitrogens with one attached hydrogen (secondary N) is 2. The van der Waals surface area contributed by atoms with Gasteiger partial charge in [0.25, 0.3) is 5.91 Å². The Hall–Kier alpha value is -3.09. The number of rotatable bonds is 6. The van der Waals surface area contributed by atoms with Gasteiger partial charge in [0.05, 0.1) is 19.4 Å². The Bertz CT molecular complexity index is 770. The standard InChI is InChI=1S/C18H19N3O4/c22-16(19-11-15-6-3-9-25-15)12-20-18(24)13-4-1-5-14(10-13)21-8-2-7-17(21)23/h1,3-6,9-10H,2,7-8,11-12H2,(H,19,22)(H,20,24). The van der Waals surface area contributed by atoms with Gasteiger partial charge in [0.2, 0.25) is 11.8 Å². The van der Waals surface area contributed by atoms with Gasteiger partial charge in [-0.05, 0) is 36.8 Å². The van der Waals surface area contributed by atoms with Crippen molar-refractivity contribution in [3.8, 4) is 0 Å². The summed E-state index contributed by atoms with van der Waals surface area (Å²) in [5.41, 5.74) is 1.12. The van der Waals surface area contributed by atoms with E-state index < -0.39 is 0 Å². The van der Waals surface area contributed by atoms with Crippen molar-refractivity contribution in [2.24, 2.45) is 0 Å². The highest BCUT2D eigenvalue weighted by atomic mass is 16.3. The van der Waals surface area contributed by atoms with Crippen molar-refractivity contribution < 1.29 is 18.8 Å². The lowest BCUT2D eigenvalue weighted by atomic mass is 10.1. The molecule has 0 bridgehead atoms. The number of hydrogen-bond acceptors (Lipinski definition) is 4. The lowest BCUT2D eigenvalue weighted by Gasteiger charge is -2.16. The van der Waals surface area contributed by atoms with Crippen LogP contribution in [0, 0.1) is 0 Å². The average molecular weight is 341 g/mol. The first-order valence-corrected chi connectivity index (χ1v) is 8.11. The largest absolute Gasteiger partial charge is 0.467 e. The molecule has 0 atom stereocenters. The Morgan fingerprint density at radius 1 is 1.16 bits per heavy atom. The monoisotopic (exact) mass is 341 g/mol. The zero-order valence-electron chi connectivity index (χ0n) is 13.7. The second-order valence-corrected chi connectivity index (χ2v) is 5.74. The molecule has 0 unspecified atom stereocenters. The van der Waals surface area contributed by atoms with Crippen LogP contribution in [-0.4, -0.2) is 30.8 Å². The Kier molecular flexibility index (Phi) is 5.13. The van der Waals surface area contributed by atoms with Crippen LogP contribution < -0.4 is 15.5 Å². The number of carbonyl (C=O) groups is 3. The number of anilines is 1. The molecule has 0 spiro atoms. The molecule has 1 fully saturated rings. The molecule has 130 valence electrons. The van der Waals surface area contributed by atoms with Crippen LogP contribution in [0.25, 0.3) is 0 Å². The Morgan fingerprint density at radius 3 is 2.76 bits per heavy atom. The van der Waals surface area contributed by atoms with Crippen LogP contribution >= 0.6 is 0 Å². The highest BCUT2D eigenvalue weighted by molar-refractivity contribution is 6.00. The summed E-state index contributed by atoms with van der Waals surface area (Å²) >= 11 is 0. The predicted molar refractivity (Wildman–Crippen MR) is 90.9 cm³/mol. The van der Waals surface area contributed by atoms with E-state index in [4.69, 9.17) is 4.42 Å². The van der Waals surface area contributed by atoms with Crippen LogP contribution in [0.5, 0.6) is 0 Å². The highest BCUT2D eigenvalue weighted by Crippen LogP contribution is 2.22. The van der Waals surface area contributed by atoms with Gasteiger partial charge in [-0.15, -0.1) is 0 Å². The van der Waals surface area contributed by atoms with E-state index in [9.17, 15) is 14.4 Å². The van der Waals surface area contributed by atoms with Crippen molar-refractivity contribution in [1.29, 1.82) is 0 Å². The molecule has 25 heavy (non-hydrogen) atoms. The number of amides is 3. The summed E-state index contributed by atoms with van der Waals surface area (Å²) in [6.07, 6.45) is 2.89. The second-order valence-electron chi connectivity index (χ2n) is 5.74. The smallest absolute Gasteiger partial charge is 0.251 e. The summed E-state index contributed by atoms with van der Waals surface area (Å²) in [4.78, 5) is 37.5. The van der Waals surface area contributed by atoms with Gasteiger partial charge in [0, 0.05) is 24.2 Å². The van der Waals surface area contributed by atoms with E-state index >= 15 is 0 Å². The van der Waals surface area contributed by atoms with Crippen LogP contribution in [-0.2, 0) is 16.1 Å². The summed E-state index contributed by atoms with van der Waals surface area (Å²) in [6.45, 7) is 0.805. The minimum Gasteiger partial charge on any atom is -0.467 e. The number of hydrogen-bond donors (Lipinski definition) is 2. The van der Waals surface area contributed by atoms with Crippen LogP contribution in [0.4, 0.5) is 5.69 Å². The molecule has 2 N–H and O–H groups in total. The third-order valence-electron chi connectivity index (χ3n) is 3.94. The maximum Gasteiger partial charge on any atom is 0.251 e. The van der Waals surface area contributed by atoms with Crippen molar-refractivity contribution in [3.63, 3.8) is 0 Å². The van der Waals surface area contributed by atoms with E-state index in [1.165, 1.54) is 6.26 Å². The number of benzene rings is 1. The van der Waals surface area contributed by atoms with Crippen LogP contribution in [0.1, 0.15) is 29.0 Å². The van der Waals surface area contributed by atoms with Gasteiger partial charge in [0.1, 0.15) is 5.76 Å². The molecule has 1 saturated heterocycles. The molecule has 1 aliphatic rings. The van der Waals surface area contributed by atoms with Crippen LogP contribution in [0.15, 0.2) is 47.1 Å². The predicted octanol–water partition coefficient (Wildman–Crippen LogP) is 1.45. The fourth-order valence-corrected chi connectivity index (χ4v) is 2.66. The summed E-state index contributed by atoms with van der Waals surface area (Å²) < 4.78 is 5.12. The van der Waals surface area contributed by atoms with Gasteiger partial charge in [-0.2, -0.15) is 0 Å². The van der Waals surface area contributed by atoms with Crippen LogP contribution in [0.3, 0.4) is 0 Å². The highest BCUT2D eigenvalue weighted by Gasteiger charge is 2.22. The van der Waals surface area contributed by atoms with E-state index in [2.05, 4.69) is 10.6 Å². The Labute approximate surface area is 145 Å². The maximum atomic E-state index is 12.2. The Balaban J connectivity index is 1.52. The molecule has 2 heterocycles. The van der Waals surface area contributed by atoms with E-state index in [1.807, 2.05) is 0 Å². The molecule has 0 radical (unpaired) electrons. The molecule has 7 heteroatoms. The van der Waals surface area contributed by atoms with Crippen molar-refractivity contribution >= 4 is 23.4 Å². The normalized spacial score (nSPS) is 13.8. The Morgan fingerprint density at radius 2 is 2.04 bits per heavy atom. The van der Waals surface area contributed by atoms with Crippen molar-refractivity contribution in [2.45, 2.75) is 19.4 Å². The number of carbonyl (C=O) groups excluding carboxylic acids is 3. The van der Waals surface area contributed by atoms with E-state index in [0.717, 1.165) is 6.42 Å².